The minimum atomic E-state index is -0.724. The molecular weight excluding hydrogens is 354 g/mol. The second-order valence-electron chi connectivity index (χ2n) is 4.64. The minimum absolute atomic E-state index is 0.255. The number of carbonyl (C=O) groups is 1. The molecule has 1 aromatic rings. The van der Waals surface area contributed by atoms with Crippen LogP contribution in [0.3, 0.4) is 0 Å². The van der Waals surface area contributed by atoms with Crippen LogP contribution in [-0.2, 0) is 19.1 Å². The van der Waals surface area contributed by atoms with Crippen molar-refractivity contribution in [3.63, 3.8) is 0 Å². The molecule has 7 heteroatoms. The molecule has 0 radical (unpaired) electrons. The zero-order valence-corrected chi connectivity index (χ0v) is 14.3. The Kier molecular flexibility index (Phi) is 5.79. The van der Waals surface area contributed by atoms with Gasteiger partial charge in [0, 0.05) is 16.6 Å². The molecule has 1 aliphatic heterocycles. The third kappa shape index (κ3) is 3.78. The zero-order valence-electron chi connectivity index (χ0n) is 12.7. The molecule has 0 bridgehead atoms. The van der Waals surface area contributed by atoms with Crippen LogP contribution in [0.1, 0.15) is 19.4 Å². The summed E-state index contributed by atoms with van der Waals surface area (Å²) < 4.78 is 16.9. The van der Waals surface area contributed by atoms with Crippen LogP contribution in [0.25, 0.3) is 0 Å². The van der Waals surface area contributed by atoms with Crippen LogP contribution >= 0.6 is 15.9 Å². The number of nitrogens with zero attached hydrogens (tertiary/aromatic N) is 1. The molecule has 0 fully saturated rings. The van der Waals surface area contributed by atoms with Crippen molar-refractivity contribution >= 4 is 27.6 Å². The number of halogens is 1. The summed E-state index contributed by atoms with van der Waals surface area (Å²) in [7, 11) is 1.32. The molecule has 1 heterocycles. The highest BCUT2D eigenvalue weighted by molar-refractivity contribution is 9.10. The molecule has 0 aliphatic carbocycles. The van der Waals surface area contributed by atoms with Gasteiger partial charge >= 0.3 is 5.97 Å². The van der Waals surface area contributed by atoms with Gasteiger partial charge in [-0.05, 0) is 32.0 Å². The van der Waals surface area contributed by atoms with Gasteiger partial charge in [-0.15, -0.1) is 0 Å². The smallest absolute Gasteiger partial charge is 0.346 e. The van der Waals surface area contributed by atoms with Crippen molar-refractivity contribution in [3.05, 3.63) is 28.2 Å². The average molecular weight is 372 g/mol. The molecule has 0 aromatic heterocycles. The lowest BCUT2D eigenvalue weighted by atomic mass is 10.0. The Hall–Kier alpha value is -1.60. The first-order valence-corrected chi connectivity index (χ1v) is 7.72. The number of hydrogen-bond donors (Lipinski definition) is 0. The summed E-state index contributed by atoms with van der Waals surface area (Å²) >= 11 is 3.43. The van der Waals surface area contributed by atoms with Gasteiger partial charge in [-0.1, -0.05) is 21.1 Å². The quantitative estimate of drug-likeness (QED) is 0.718. The van der Waals surface area contributed by atoms with Crippen molar-refractivity contribution in [1.82, 2.24) is 0 Å². The van der Waals surface area contributed by atoms with E-state index < -0.39 is 12.1 Å². The summed E-state index contributed by atoms with van der Waals surface area (Å²) in [6.07, 6.45) is -0.978. The summed E-state index contributed by atoms with van der Waals surface area (Å²) in [5.74, 6) is 0.0786. The monoisotopic (exact) mass is 371 g/mol. The van der Waals surface area contributed by atoms with Gasteiger partial charge in [0.1, 0.15) is 24.2 Å². The Bertz CT molecular complexity index is 575. The number of benzene rings is 1. The van der Waals surface area contributed by atoms with Gasteiger partial charge in [0.15, 0.2) is 6.10 Å². The van der Waals surface area contributed by atoms with E-state index in [1.807, 2.05) is 19.1 Å². The van der Waals surface area contributed by atoms with Gasteiger partial charge < -0.3 is 19.0 Å². The largest absolute Gasteiger partial charge is 0.478 e. The molecule has 1 aromatic carbocycles. The Labute approximate surface area is 137 Å². The number of oxime groups is 1. The predicted molar refractivity (Wildman–Crippen MR) is 84.2 cm³/mol. The average Bonchev–Trinajstić information content (AvgIpc) is 2.96. The van der Waals surface area contributed by atoms with E-state index in [4.69, 9.17) is 14.3 Å². The fraction of sp³-hybridized carbons (Fsp3) is 0.467. The number of esters is 1. The normalized spacial score (nSPS) is 18.4. The molecule has 2 rings (SSSR count). The van der Waals surface area contributed by atoms with E-state index in [0.29, 0.717) is 24.7 Å². The van der Waals surface area contributed by atoms with Crippen LogP contribution in [0.4, 0.5) is 0 Å². The van der Waals surface area contributed by atoms with E-state index in [-0.39, 0.29) is 6.10 Å². The van der Waals surface area contributed by atoms with E-state index in [9.17, 15) is 4.79 Å². The highest BCUT2D eigenvalue weighted by Gasteiger charge is 2.29. The maximum absolute atomic E-state index is 11.5. The minimum Gasteiger partial charge on any atom is -0.478 e. The third-order valence-corrected chi connectivity index (χ3v) is 3.61. The molecule has 6 nitrogen and oxygen atoms in total. The summed E-state index contributed by atoms with van der Waals surface area (Å²) in [6, 6.07) is 5.45. The van der Waals surface area contributed by atoms with Gasteiger partial charge in [-0.25, -0.2) is 4.79 Å². The van der Waals surface area contributed by atoms with Crippen molar-refractivity contribution < 1.29 is 23.8 Å². The zero-order chi connectivity index (χ0) is 16.1. The number of carbonyl (C=O) groups excluding carboxylic acids is 1. The van der Waals surface area contributed by atoms with E-state index >= 15 is 0 Å². The second-order valence-corrected chi connectivity index (χ2v) is 5.56. The van der Waals surface area contributed by atoms with Crippen molar-refractivity contribution in [1.29, 1.82) is 0 Å². The highest BCUT2D eigenvalue weighted by atomic mass is 79.9. The lowest BCUT2D eigenvalue weighted by molar-refractivity contribution is -0.147. The van der Waals surface area contributed by atoms with E-state index in [0.717, 1.165) is 10.0 Å². The Morgan fingerprint density at radius 1 is 1.55 bits per heavy atom. The van der Waals surface area contributed by atoms with Gasteiger partial charge in [0.2, 0.25) is 0 Å². The lowest BCUT2D eigenvalue weighted by Gasteiger charge is -2.17. The first-order chi connectivity index (χ1) is 10.6. The van der Waals surface area contributed by atoms with Crippen LogP contribution in [-0.4, -0.2) is 44.2 Å². The fourth-order valence-electron chi connectivity index (χ4n) is 2.07. The van der Waals surface area contributed by atoms with Crippen molar-refractivity contribution in [3.8, 4) is 5.75 Å². The van der Waals surface area contributed by atoms with Crippen molar-refractivity contribution in [2.45, 2.75) is 26.1 Å². The molecule has 120 valence electrons. The molecule has 0 N–H and O–H groups in total. The molecule has 0 spiro atoms. The summed E-state index contributed by atoms with van der Waals surface area (Å²) in [4.78, 5) is 16.7. The summed E-state index contributed by atoms with van der Waals surface area (Å²) in [6.45, 7) is 4.45. The van der Waals surface area contributed by atoms with Gasteiger partial charge in [0.05, 0.1) is 7.11 Å². The fourth-order valence-corrected chi connectivity index (χ4v) is 2.43. The number of hydrogen-bond acceptors (Lipinski definition) is 6. The van der Waals surface area contributed by atoms with E-state index in [2.05, 4.69) is 25.8 Å². The van der Waals surface area contributed by atoms with Crippen LogP contribution in [0.2, 0.25) is 0 Å². The van der Waals surface area contributed by atoms with Crippen molar-refractivity contribution in [2.75, 3.05) is 20.3 Å². The van der Waals surface area contributed by atoms with E-state index in [1.54, 1.807) is 13.0 Å². The number of rotatable bonds is 6. The third-order valence-electron chi connectivity index (χ3n) is 3.12. The van der Waals surface area contributed by atoms with Gasteiger partial charge in [0.25, 0.3) is 0 Å². The van der Waals surface area contributed by atoms with Gasteiger partial charge in [-0.3, -0.25) is 0 Å². The molecular formula is C15H18BrNO5. The van der Waals surface area contributed by atoms with Crippen LogP contribution in [0.15, 0.2) is 27.8 Å². The first-order valence-electron chi connectivity index (χ1n) is 6.92. The molecule has 2 unspecified atom stereocenters. The highest BCUT2D eigenvalue weighted by Crippen LogP contribution is 2.28. The molecule has 0 saturated heterocycles. The molecule has 0 saturated carbocycles. The maximum atomic E-state index is 11.5. The standard InChI is InChI=1S/C15H18BrNO5/c1-4-20-13-8-21-17-14(13)11-7-10(16)5-6-12(11)22-9(2)15(18)19-3/h5-7,9,13H,4,8H2,1-3H3. The summed E-state index contributed by atoms with van der Waals surface area (Å²) in [5.41, 5.74) is 1.37. The molecule has 22 heavy (non-hydrogen) atoms. The van der Waals surface area contributed by atoms with Gasteiger partial charge in [-0.2, -0.15) is 0 Å². The topological polar surface area (TPSA) is 66.3 Å². The van der Waals surface area contributed by atoms with Crippen LogP contribution < -0.4 is 4.74 Å². The SMILES string of the molecule is CCOC1CON=C1c1cc(Br)ccc1OC(C)C(=O)OC. The van der Waals surface area contributed by atoms with Crippen LogP contribution in [0, 0.1) is 0 Å². The number of methoxy groups -OCH3 is 1. The molecule has 0 amide bonds. The second kappa shape index (κ2) is 7.60. The van der Waals surface area contributed by atoms with Crippen LogP contribution in [0.5, 0.6) is 5.75 Å². The Morgan fingerprint density at radius 2 is 2.32 bits per heavy atom. The lowest BCUT2D eigenvalue weighted by Crippen LogP contribution is -2.28. The summed E-state index contributed by atoms with van der Waals surface area (Å²) in [5, 5.41) is 4.05. The Balaban J connectivity index is 2.30. The maximum Gasteiger partial charge on any atom is 0.346 e. The number of ether oxygens (including phenoxy) is 3. The van der Waals surface area contributed by atoms with E-state index in [1.165, 1.54) is 7.11 Å². The molecule has 1 aliphatic rings. The molecule has 2 atom stereocenters. The van der Waals surface area contributed by atoms with Crippen molar-refractivity contribution in [2.24, 2.45) is 5.16 Å². The predicted octanol–water partition coefficient (Wildman–Crippen LogP) is 2.53. The first kappa shape index (κ1) is 16.8. The Morgan fingerprint density at radius 3 is 3.00 bits per heavy atom.